The van der Waals surface area contributed by atoms with Crippen molar-refractivity contribution in [1.29, 1.82) is 0 Å². The zero-order chi connectivity index (χ0) is 19.6. The molecule has 1 aromatic heterocycles. The van der Waals surface area contributed by atoms with Gasteiger partial charge in [0.15, 0.2) is 5.13 Å². The van der Waals surface area contributed by atoms with Crippen molar-refractivity contribution < 1.29 is 19.0 Å². The van der Waals surface area contributed by atoms with Crippen LogP contribution in [0.5, 0.6) is 0 Å². The molecule has 0 radical (unpaired) electrons. The van der Waals surface area contributed by atoms with Crippen LogP contribution in [0.4, 0.5) is 9.52 Å². The molecule has 2 N–H and O–H groups in total. The number of carbonyl (C=O) groups is 1. The summed E-state index contributed by atoms with van der Waals surface area (Å²) >= 11 is 1.34. The topological polar surface area (TPSA) is 74.7 Å². The van der Waals surface area contributed by atoms with Crippen LogP contribution < -0.4 is 5.32 Å². The number of rotatable bonds is 5. The van der Waals surface area contributed by atoms with E-state index < -0.39 is 11.7 Å². The minimum absolute atomic E-state index is 0.165. The molecule has 2 saturated heterocycles. The van der Waals surface area contributed by atoms with E-state index in [9.17, 15) is 14.3 Å². The van der Waals surface area contributed by atoms with Crippen molar-refractivity contribution in [3.63, 3.8) is 0 Å². The number of aliphatic hydroxyl groups excluding tert-OH is 1. The number of amides is 1. The smallest absolute Gasteiger partial charge is 0.240 e. The standard InChI is InChI=1S/C20H24FN3O3S/c21-16-5-2-1-4-14(16)10-15-11-22-19(28-15)23-18(26)13-24-8-7-20(17(25)12-24)6-3-9-27-20/h1-2,4-5,11,17,25H,3,6-10,12-13H2,(H,22,23,26)/t17-,20-/m0/s1. The van der Waals surface area contributed by atoms with Gasteiger partial charge < -0.3 is 15.2 Å². The molecule has 6 nitrogen and oxygen atoms in total. The highest BCUT2D eigenvalue weighted by molar-refractivity contribution is 7.15. The highest BCUT2D eigenvalue weighted by atomic mass is 32.1. The fourth-order valence-electron chi connectivity index (χ4n) is 3.98. The molecule has 1 spiro atoms. The molecule has 1 aromatic carbocycles. The van der Waals surface area contributed by atoms with Crippen LogP contribution in [0.1, 0.15) is 29.7 Å². The second-order valence-corrected chi connectivity index (χ2v) is 8.58. The van der Waals surface area contributed by atoms with Gasteiger partial charge in [-0.05, 0) is 30.9 Å². The van der Waals surface area contributed by atoms with Gasteiger partial charge in [-0.15, -0.1) is 11.3 Å². The van der Waals surface area contributed by atoms with Crippen molar-refractivity contribution in [2.45, 2.75) is 37.4 Å². The number of hydrogen-bond donors (Lipinski definition) is 2. The van der Waals surface area contributed by atoms with E-state index in [0.717, 1.165) is 30.7 Å². The number of halogens is 1. The number of likely N-dealkylation sites (tertiary alicyclic amines) is 1. The fraction of sp³-hybridized carbons (Fsp3) is 0.500. The van der Waals surface area contributed by atoms with E-state index in [1.165, 1.54) is 17.4 Å². The predicted octanol–water partition coefficient (Wildman–Crippen LogP) is 2.43. The maximum Gasteiger partial charge on any atom is 0.240 e. The van der Waals surface area contributed by atoms with E-state index in [1.54, 1.807) is 24.4 Å². The number of nitrogens with one attached hydrogen (secondary N) is 1. The Bertz CT molecular complexity index is 838. The van der Waals surface area contributed by atoms with Crippen molar-refractivity contribution in [1.82, 2.24) is 9.88 Å². The first-order chi connectivity index (χ1) is 13.5. The van der Waals surface area contributed by atoms with Crippen molar-refractivity contribution in [3.05, 3.63) is 46.7 Å². The van der Waals surface area contributed by atoms with E-state index in [-0.39, 0.29) is 18.3 Å². The van der Waals surface area contributed by atoms with Crippen molar-refractivity contribution >= 4 is 22.4 Å². The summed E-state index contributed by atoms with van der Waals surface area (Å²) in [4.78, 5) is 19.4. The first-order valence-corrected chi connectivity index (χ1v) is 10.4. The summed E-state index contributed by atoms with van der Waals surface area (Å²) in [5.74, 6) is -0.406. The highest BCUT2D eigenvalue weighted by Crippen LogP contribution is 2.35. The molecular weight excluding hydrogens is 381 g/mol. The molecule has 0 unspecified atom stereocenters. The average Bonchev–Trinajstić information content (AvgIpc) is 3.31. The molecule has 150 valence electrons. The first-order valence-electron chi connectivity index (χ1n) is 9.56. The summed E-state index contributed by atoms with van der Waals surface area (Å²) in [6.07, 6.45) is 4.16. The van der Waals surface area contributed by atoms with Gasteiger partial charge in [-0.1, -0.05) is 18.2 Å². The molecular formula is C20H24FN3O3S. The summed E-state index contributed by atoms with van der Waals surface area (Å²) in [6, 6.07) is 6.65. The molecule has 8 heteroatoms. The molecule has 0 aliphatic carbocycles. The molecule has 1 amide bonds. The normalized spacial score (nSPS) is 25.3. The zero-order valence-corrected chi connectivity index (χ0v) is 16.4. The average molecular weight is 405 g/mol. The lowest BCUT2D eigenvalue weighted by atomic mass is 9.86. The number of ether oxygens (including phenoxy) is 1. The minimum Gasteiger partial charge on any atom is -0.389 e. The number of nitrogens with zero attached hydrogens (tertiary/aromatic N) is 2. The van der Waals surface area contributed by atoms with E-state index in [2.05, 4.69) is 10.3 Å². The third-order valence-corrected chi connectivity index (χ3v) is 6.43. The maximum absolute atomic E-state index is 13.8. The summed E-state index contributed by atoms with van der Waals surface area (Å²) in [7, 11) is 0. The van der Waals surface area contributed by atoms with Crippen LogP contribution in [0.2, 0.25) is 0 Å². The van der Waals surface area contributed by atoms with Crippen molar-refractivity contribution in [2.24, 2.45) is 0 Å². The molecule has 4 rings (SSSR count). The SMILES string of the molecule is O=C(CN1CC[C@@]2(CCCO2)[C@@H](O)C1)Nc1ncc(Cc2ccccc2F)s1. The highest BCUT2D eigenvalue weighted by Gasteiger charge is 2.45. The monoisotopic (exact) mass is 405 g/mol. The van der Waals surface area contributed by atoms with Crippen molar-refractivity contribution in [2.75, 3.05) is 31.6 Å². The van der Waals surface area contributed by atoms with Gasteiger partial charge in [0.05, 0.1) is 18.2 Å². The Morgan fingerprint density at radius 3 is 3.04 bits per heavy atom. The molecule has 2 fully saturated rings. The van der Waals surface area contributed by atoms with Crippen LogP contribution in [0.25, 0.3) is 0 Å². The molecule has 0 bridgehead atoms. The summed E-state index contributed by atoms with van der Waals surface area (Å²) < 4.78 is 19.6. The molecule has 2 aliphatic heterocycles. The number of benzene rings is 1. The second kappa shape index (κ2) is 8.24. The van der Waals surface area contributed by atoms with E-state index in [1.807, 2.05) is 4.90 Å². The fourth-order valence-corrected chi connectivity index (χ4v) is 4.83. The van der Waals surface area contributed by atoms with Crippen LogP contribution in [-0.4, -0.2) is 58.8 Å². The van der Waals surface area contributed by atoms with Gasteiger partial charge in [0.25, 0.3) is 0 Å². The molecule has 0 saturated carbocycles. The summed E-state index contributed by atoms with van der Waals surface area (Å²) in [5.41, 5.74) is 0.193. The Labute approximate surface area is 167 Å². The minimum atomic E-state index is -0.566. The molecule has 2 atom stereocenters. The molecule has 3 heterocycles. The number of carbonyl (C=O) groups excluding carboxylic acids is 1. The van der Waals surface area contributed by atoms with Gasteiger partial charge in [0.1, 0.15) is 5.82 Å². The first kappa shape index (κ1) is 19.4. The lowest BCUT2D eigenvalue weighted by Gasteiger charge is -2.42. The van der Waals surface area contributed by atoms with Gasteiger partial charge in [-0.25, -0.2) is 9.37 Å². The Morgan fingerprint density at radius 1 is 1.43 bits per heavy atom. The Morgan fingerprint density at radius 2 is 2.29 bits per heavy atom. The number of β-amino-alcohol motifs (C(OH)–C–C–N with tert-alkyl or cyclic N) is 1. The third-order valence-electron chi connectivity index (χ3n) is 5.51. The lowest BCUT2D eigenvalue weighted by molar-refractivity contribution is -0.135. The van der Waals surface area contributed by atoms with Gasteiger partial charge in [-0.2, -0.15) is 0 Å². The maximum atomic E-state index is 13.8. The van der Waals surface area contributed by atoms with Gasteiger partial charge in [-0.3, -0.25) is 9.69 Å². The Hall–Kier alpha value is -1.87. The number of piperidine rings is 1. The predicted molar refractivity (Wildman–Crippen MR) is 105 cm³/mol. The van der Waals surface area contributed by atoms with Crippen molar-refractivity contribution in [3.8, 4) is 0 Å². The van der Waals surface area contributed by atoms with Crippen LogP contribution in [0.15, 0.2) is 30.5 Å². The van der Waals surface area contributed by atoms with E-state index >= 15 is 0 Å². The Kier molecular flexibility index (Phi) is 5.73. The van der Waals surface area contributed by atoms with Gasteiger partial charge >= 0.3 is 0 Å². The van der Waals surface area contributed by atoms with Crippen LogP contribution in [-0.2, 0) is 16.0 Å². The van der Waals surface area contributed by atoms with Gasteiger partial charge in [0, 0.05) is 37.2 Å². The van der Waals surface area contributed by atoms with E-state index in [0.29, 0.717) is 30.3 Å². The van der Waals surface area contributed by atoms with Gasteiger partial charge in [0.2, 0.25) is 5.91 Å². The quantitative estimate of drug-likeness (QED) is 0.799. The van der Waals surface area contributed by atoms with Crippen LogP contribution in [0.3, 0.4) is 0 Å². The largest absolute Gasteiger partial charge is 0.389 e. The lowest BCUT2D eigenvalue weighted by Crippen LogP contribution is -2.56. The molecule has 2 aliphatic rings. The van der Waals surface area contributed by atoms with Crippen LogP contribution >= 0.6 is 11.3 Å². The summed E-state index contributed by atoms with van der Waals surface area (Å²) in [5, 5.41) is 13.8. The second-order valence-electron chi connectivity index (χ2n) is 7.47. The molecule has 2 aromatic rings. The third kappa shape index (κ3) is 4.25. The number of hydrogen-bond acceptors (Lipinski definition) is 6. The Balaban J connectivity index is 1.29. The molecule has 28 heavy (non-hydrogen) atoms. The number of aliphatic hydroxyl groups is 1. The number of anilines is 1. The van der Waals surface area contributed by atoms with E-state index in [4.69, 9.17) is 4.74 Å². The van der Waals surface area contributed by atoms with Crippen LogP contribution in [0, 0.1) is 5.82 Å². The number of thiazole rings is 1. The summed E-state index contributed by atoms with van der Waals surface area (Å²) in [6.45, 7) is 2.07. The number of aromatic nitrogens is 1. The zero-order valence-electron chi connectivity index (χ0n) is 15.6.